The fraction of sp³-hybridized carbons (Fsp3) is 0.476. The van der Waals surface area contributed by atoms with E-state index < -0.39 is 0 Å². The van der Waals surface area contributed by atoms with Gasteiger partial charge in [-0.1, -0.05) is 32.0 Å². The molecular weight excluding hydrogens is 366 g/mol. The molecule has 0 aromatic carbocycles. The Balaban J connectivity index is 2.43. The molecule has 2 rings (SSSR count). The zero-order valence-electron chi connectivity index (χ0n) is 17.7. The summed E-state index contributed by atoms with van der Waals surface area (Å²) < 4.78 is 2.01. The largest absolute Gasteiger partial charge is 0.388 e. The van der Waals surface area contributed by atoms with Gasteiger partial charge in [0.1, 0.15) is 0 Å². The van der Waals surface area contributed by atoms with E-state index in [0.29, 0.717) is 23.9 Å². The summed E-state index contributed by atoms with van der Waals surface area (Å²) >= 11 is 0. The van der Waals surface area contributed by atoms with Crippen molar-refractivity contribution < 1.29 is 0 Å². The van der Waals surface area contributed by atoms with E-state index in [1.807, 2.05) is 29.0 Å². The molecule has 0 spiro atoms. The van der Waals surface area contributed by atoms with E-state index in [1.54, 1.807) is 6.20 Å². The Morgan fingerprint density at radius 1 is 1.34 bits per heavy atom. The molecule has 0 amide bonds. The van der Waals surface area contributed by atoms with E-state index in [4.69, 9.17) is 10.4 Å². The van der Waals surface area contributed by atoms with Crippen LogP contribution in [0.3, 0.4) is 0 Å². The van der Waals surface area contributed by atoms with E-state index in [1.165, 1.54) is 6.21 Å². The summed E-state index contributed by atoms with van der Waals surface area (Å²) in [5.74, 6) is 0. The minimum absolute atomic E-state index is 0.174. The third-order valence-electron chi connectivity index (χ3n) is 4.82. The van der Waals surface area contributed by atoms with Gasteiger partial charge < -0.3 is 15.6 Å². The molecule has 0 aliphatic carbocycles. The van der Waals surface area contributed by atoms with Gasteiger partial charge in [-0.3, -0.25) is 4.68 Å². The highest BCUT2D eigenvalue weighted by molar-refractivity contribution is 6.13. The summed E-state index contributed by atoms with van der Waals surface area (Å²) in [5.41, 5.74) is 4.11. The van der Waals surface area contributed by atoms with Crippen LogP contribution in [-0.2, 0) is 0 Å². The number of aliphatic imine (C=N–C) groups is 1. The smallest absolute Gasteiger partial charge is 0.0983 e. The maximum absolute atomic E-state index is 10.2. The van der Waals surface area contributed by atoms with Gasteiger partial charge in [-0.25, -0.2) is 4.99 Å². The number of rotatable bonds is 11. The number of allylic oxidation sites excluding steroid dienone is 3. The standard InChI is InChI=1S/C21H31N7O/c1-5-8-20-21(17-13-24-28(14-17)18(6-2)7-3)26-19(15-27(20)4)16(11-22)12-23-9-10-25-29/h8,11-15,18,22-23H,5-7,9-10H2,1-4H3/b16-12+,20-8-,22-11?. The summed E-state index contributed by atoms with van der Waals surface area (Å²) in [6.45, 7) is 7.02. The van der Waals surface area contributed by atoms with Crippen molar-refractivity contribution in [3.8, 4) is 0 Å². The topological polar surface area (TPSA) is 98.7 Å². The first-order valence-corrected chi connectivity index (χ1v) is 10.1. The van der Waals surface area contributed by atoms with Crippen LogP contribution in [0.2, 0.25) is 0 Å². The number of aromatic nitrogens is 2. The monoisotopic (exact) mass is 397 g/mol. The summed E-state index contributed by atoms with van der Waals surface area (Å²) in [5, 5.41) is 18.2. The average Bonchev–Trinajstić information content (AvgIpc) is 3.20. The number of nitrogens with one attached hydrogen (secondary N) is 2. The SMILES string of the molecule is CC/C=C1/C(c2cnn(C(CC)CC)c2)=NC(/C(C=N)=C/NCCN=O)=CN1C. The van der Waals surface area contributed by atoms with Crippen LogP contribution >= 0.6 is 0 Å². The molecule has 0 radical (unpaired) electrons. The molecule has 8 nitrogen and oxygen atoms in total. The molecule has 0 saturated heterocycles. The fourth-order valence-corrected chi connectivity index (χ4v) is 3.22. The van der Waals surface area contributed by atoms with Crippen molar-refractivity contribution in [1.82, 2.24) is 20.0 Å². The lowest BCUT2D eigenvalue weighted by Gasteiger charge is -2.26. The normalized spacial score (nSPS) is 16.1. The van der Waals surface area contributed by atoms with Crippen LogP contribution in [0.15, 0.2) is 58.0 Å². The van der Waals surface area contributed by atoms with Crippen molar-refractivity contribution in [2.45, 2.75) is 46.1 Å². The van der Waals surface area contributed by atoms with E-state index >= 15 is 0 Å². The molecule has 8 heteroatoms. The number of nitroso groups, excluding NO2 is 1. The van der Waals surface area contributed by atoms with Crippen LogP contribution in [-0.4, -0.2) is 46.7 Å². The molecule has 29 heavy (non-hydrogen) atoms. The maximum Gasteiger partial charge on any atom is 0.0983 e. The molecule has 0 fully saturated rings. The third-order valence-corrected chi connectivity index (χ3v) is 4.82. The summed E-state index contributed by atoms with van der Waals surface area (Å²) in [6.07, 6.45) is 13.8. The number of hydrogen-bond donors (Lipinski definition) is 2. The van der Waals surface area contributed by atoms with Crippen molar-refractivity contribution >= 4 is 11.9 Å². The maximum atomic E-state index is 10.2. The van der Waals surface area contributed by atoms with Crippen LogP contribution in [0, 0.1) is 10.3 Å². The molecule has 1 aliphatic rings. The highest BCUT2D eigenvalue weighted by atomic mass is 16.3. The minimum Gasteiger partial charge on any atom is -0.388 e. The quantitative estimate of drug-likeness (QED) is 0.335. The molecule has 0 saturated carbocycles. The molecular formula is C21H31N7O. The first-order valence-electron chi connectivity index (χ1n) is 10.1. The highest BCUT2D eigenvalue weighted by Crippen LogP contribution is 2.25. The molecule has 0 unspecified atom stereocenters. The van der Waals surface area contributed by atoms with Crippen LogP contribution in [0.5, 0.6) is 0 Å². The first kappa shape index (κ1) is 22.3. The molecule has 0 bridgehead atoms. The lowest BCUT2D eigenvalue weighted by atomic mass is 10.1. The molecule has 2 heterocycles. The van der Waals surface area contributed by atoms with E-state index in [2.05, 4.69) is 48.6 Å². The highest BCUT2D eigenvalue weighted by Gasteiger charge is 2.22. The van der Waals surface area contributed by atoms with Crippen molar-refractivity contribution in [3.05, 3.63) is 58.3 Å². The molecule has 1 aromatic heterocycles. The Labute approximate surface area is 172 Å². The lowest BCUT2D eigenvalue weighted by Crippen LogP contribution is -2.24. The van der Waals surface area contributed by atoms with Gasteiger partial charge in [-0.05, 0) is 19.3 Å². The predicted octanol–water partition coefficient (Wildman–Crippen LogP) is 4.00. The second-order valence-electron chi connectivity index (χ2n) is 6.81. The molecule has 1 aromatic rings. The Bertz CT molecular complexity index is 828. The molecule has 2 N–H and O–H groups in total. The van der Waals surface area contributed by atoms with Gasteiger partial charge in [0.05, 0.1) is 35.9 Å². The van der Waals surface area contributed by atoms with Crippen molar-refractivity contribution in [2.24, 2.45) is 10.2 Å². The molecule has 156 valence electrons. The first-order chi connectivity index (χ1) is 14.1. The van der Waals surface area contributed by atoms with Crippen LogP contribution in [0.4, 0.5) is 0 Å². The summed E-state index contributed by atoms with van der Waals surface area (Å²) in [7, 11) is 1.98. The number of likely N-dealkylation sites (N-methyl/N-ethyl adjacent to an activating group) is 1. The zero-order chi connectivity index (χ0) is 21.2. The molecule has 0 atom stereocenters. The van der Waals surface area contributed by atoms with Gasteiger partial charge in [-0.2, -0.15) is 10.0 Å². The Hall–Kier alpha value is -3.03. The third kappa shape index (κ3) is 5.49. The van der Waals surface area contributed by atoms with E-state index in [0.717, 1.165) is 36.2 Å². The Morgan fingerprint density at radius 3 is 2.72 bits per heavy atom. The summed E-state index contributed by atoms with van der Waals surface area (Å²) in [6, 6.07) is 0.368. The number of hydrogen-bond acceptors (Lipinski definition) is 7. The van der Waals surface area contributed by atoms with Crippen molar-refractivity contribution in [2.75, 3.05) is 20.1 Å². The Kier molecular flexibility index (Phi) is 8.51. The van der Waals surface area contributed by atoms with Gasteiger partial charge in [0.15, 0.2) is 0 Å². The van der Waals surface area contributed by atoms with Gasteiger partial charge in [0.2, 0.25) is 0 Å². The summed E-state index contributed by atoms with van der Waals surface area (Å²) in [4.78, 5) is 17.1. The Morgan fingerprint density at radius 2 is 2.10 bits per heavy atom. The van der Waals surface area contributed by atoms with E-state index in [-0.39, 0.29) is 6.54 Å². The van der Waals surface area contributed by atoms with Gasteiger partial charge in [0, 0.05) is 49.5 Å². The van der Waals surface area contributed by atoms with E-state index in [9.17, 15) is 4.91 Å². The number of nitrogens with zero attached hydrogens (tertiary/aromatic N) is 5. The van der Waals surface area contributed by atoms with Gasteiger partial charge in [0.25, 0.3) is 0 Å². The molecule has 1 aliphatic heterocycles. The van der Waals surface area contributed by atoms with Crippen molar-refractivity contribution in [1.29, 1.82) is 5.41 Å². The lowest BCUT2D eigenvalue weighted by molar-refractivity contribution is 0.428. The zero-order valence-corrected chi connectivity index (χ0v) is 17.7. The average molecular weight is 398 g/mol. The van der Waals surface area contributed by atoms with Crippen LogP contribution in [0.1, 0.15) is 51.6 Å². The minimum atomic E-state index is 0.174. The second kappa shape index (κ2) is 11.1. The van der Waals surface area contributed by atoms with Gasteiger partial charge >= 0.3 is 0 Å². The van der Waals surface area contributed by atoms with Crippen molar-refractivity contribution in [3.63, 3.8) is 0 Å². The fourth-order valence-electron chi connectivity index (χ4n) is 3.22. The van der Waals surface area contributed by atoms with Crippen LogP contribution < -0.4 is 5.32 Å². The predicted molar refractivity (Wildman–Crippen MR) is 118 cm³/mol. The van der Waals surface area contributed by atoms with Crippen LogP contribution in [0.25, 0.3) is 0 Å². The second-order valence-corrected chi connectivity index (χ2v) is 6.81. The van der Waals surface area contributed by atoms with Gasteiger partial charge in [-0.15, -0.1) is 0 Å².